The van der Waals surface area contributed by atoms with Crippen LogP contribution >= 0.6 is 12.4 Å². The zero-order chi connectivity index (χ0) is 15.7. The number of benzene rings is 1. The minimum atomic E-state index is -0.373. The summed E-state index contributed by atoms with van der Waals surface area (Å²) in [5.41, 5.74) is 0.833. The molecule has 22 heavy (non-hydrogen) atoms. The van der Waals surface area contributed by atoms with Crippen molar-refractivity contribution >= 4 is 18.3 Å². The molecule has 0 aliphatic rings. The molecule has 1 rings (SSSR count). The average molecular weight is 335 g/mol. The van der Waals surface area contributed by atoms with Gasteiger partial charge in [0, 0.05) is 38.4 Å². The second kappa shape index (κ2) is 11.4. The lowest BCUT2D eigenvalue weighted by Crippen LogP contribution is -2.32. The van der Waals surface area contributed by atoms with Crippen molar-refractivity contribution in [2.45, 2.75) is 6.61 Å². The van der Waals surface area contributed by atoms with E-state index in [1.54, 1.807) is 25.1 Å². The Morgan fingerprint density at radius 3 is 2.73 bits per heavy atom. The molecule has 0 saturated carbocycles. The first-order chi connectivity index (χ1) is 10.1. The fourth-order valence-electron chi connectivity index (χ4n) is 1.74. The molecule has 1 amide bonds. The third-order valence-electron chi connectivity index (χ3n) is 3.03. The lowest BCUT2D eigenvalue weighted by molar-refractivity contribution is 0.0603. The van der Waals surface area contributed by atoms with Crippen molar-refractivity contribution < 1.29 is 18.7 Å². The van der Waals surface area contributed by atoms with Crippen molar-refractivity contribution in [3.8, 4) is 0 Å². The second-order valence-electron chi connectivity index (χ2n) is 4.68. The van der Waals surface area contributed by atoms with Gasteiger partial charge in [0.05, 0.1) is 19.8 Å². The summed E-state index contributed by atoms with van der Waals surface area (Å²) in [4.78, 5) is 13.8. The smallest absolute Gasteiger partial charge is 0.253 e. The number of carbonyl (C=O) groups is 1. The first-order valence-corrected chi connectivity index (χ1v) is 6.85. The van der Waals surface area contributed by atoms with Crippen LogP contribution in [0.3, 0.4) is 0 Å². The van der Waals surface area contributed by atoms with E-state index in [1.807, 2.05) is 7.05 Å². The molecule has 0 aliphatic carbocycles. The molecule has 1 aromatic rings. The lowest BCUT2D eigenvalue weighted by atomic mass is 10.1. The molecule has 0 spiro atoms. The van der Waals surface area contributed by atoms with Crippen LogP contribution in [0.25, 0.3) is 0 Å². The van der Waals surface area contributed by atoms with Crippen LogP contribution in [-0.2, 0) is 16.1 Å². The number of likely N-dealkylation sites (N-methyl/N-ethyl adjacent to an activating group) is 2. The van der Waals surface area contributed by atoms with Gasteiger partial charge in [-0.25, -0.2) is 4.39 Å². The molecule has 0 radical (unpaired) electrons. The minimum Gasteiger partial charge on any atom is -0.382 e. The van der Waals surface area contributed by atoms with Crippen molar-refractivity contribution in [3.63, 3.8) is 0 Å². The Labute approximate surface area is 137 Å². The third-order valence-corrected chi connectivity index (χ3v) is 3.03. The van der Waals surface area contributed by atoms with Crippen LogP contribution in [0.2, 0.25) is 0 Å². The second-order valence-corrected chi connectivity index (χ2v) is 4.68. The van der Waals surface area contributed by atoms with E-state index in [4.69, 9.17) is 9.47 Å². The summed E-state index contributed by atoms with van der Waals surface area (Å²) in [7, 11) is 5.12. The van der Waals surface area contributed by atoms with Gasteiger partial charge in [0.15, 0.2) is 0 Å². The number of ether oxygens (including phenoxy) is 2. The minimum absolute atomic E-state index is 0. The highest BCUT2D eigenvalue weighted by atomic mass is 35.5. The Hall–Kier alpha value is -1.21. The molecule has 5 nitrogen and oxygen atoms in total. The number of nitrogens with zero attached hydrogens (tertiary/aromatic N) is 1. The van der Waals surface area contributed by atoms with Crippen molar-refractivity contribution in [1.82, 2.24) is 10.2 Å². The van der Waals surface area contributed by atoms with E-state index in [9.17, 15) is 9.18 Å². The van der Waals surface area contributed by atoms with Gasteiger partial charge in [-0.1, -0.05) is 0 Å². The zero-order valence-electron chi connectivity index (χ0n) is 13.2. The summed E-state index contributed by atoms with van der Waals surface area (Å²) in [5, 5.41) is 2.98. The Kier molecular flexibility index (Phi) is 10.7. The molecule has 1 N–H and O–H groups in total. The van der Waals surface area contributed by atoms with Crippen LogP contribution in [0.4, 0.5) is 4.39 Å². The topological polar surface area (TPSA) is 50.8 Å². The number of hydrogen-bond acceptors (Lipinski definition) is 4. The van der Waals surface area contributed by atoms with Gasteiger partial charge in [0.1, 0.15) is 5.82 Å². The van der Waals surface area contributed by atoms with Crippen LogP contribution < -0.4 is 5.32 Å². The van der Waals surface area contributed by atoms with E-state index in [1.165, 1.54) is 12.1 Å². The molecular weight excluding hydrogens is 311 g/mol. The third kappa shape index (κ3) is 6.70. The molecule has 0 saturated heterocycles. The van der Waals surface area contributed by atoms with E-state index in [0.29, 0.717) is 37.4 Å². The fourth-order valence-corrected chi connectivity index (χ4v) is 1.74. The highest BCUT2D eigenvalue weighted by Gasteiger charge is 2.13. The molecule has 0 heterocycles. The first-order valence-electron chi connectivity index (χ1n) is 6.85. The number of amides is 1. The Morgan fingerprint density at radius 1 is 1.36 bits per heavy atom. The summed E-state index contributed by atoms with van der Waals surface area (Å²) in [6, 6.07) is 4.33. The molecule has 0 aliphatic heterocycles. The normalized spacial score (nSPS) is 10.2. The maximum atomic E-state index is 13.7. The Morgan fingerprint density at radius 2 is 2.09 bits per heavy atom. The predicted octanol–water partition coefficient (Wildman–Crippen LogP) is 1.70. The van der Waals surface area contributed by atoms with Crippen molar-refractivity contribution in [2.24, 2.45) is 0 Å². The summed E-state index contributed by atoms with van der Waals surface area (Å²) >= 11 is 0. The SMILES string of the molecule is CNCCN(C)C(=O)c1ccc(F)c(COCCOC)c1.Cl. The van der Waals surface area contributed by atoms with Crippen LogP contribution in [0.15, 0.2) is 18.2 Å². The van der Waals surface area contributed by atoms with Gasteiger partial charge in [0.2, 0.25) is 0 Å². The molecule has 0 fully saturated rings. The fraction of sp³-hybridized carbons (Fsp3) is 0.533. The standard InChI is InChI=1S/C15H23FN2O3.ClH/c1-17-6-7-18(2)15(19)12-4-5-14(16)13(10-12)11-21-9-8-20-3;/h4-5,10,17H,6-9,11H2,1-3H3;1H. The summed E-state index contributed by atoms with van der Waals surface area (Å²) < 4.78 is 23.9. The number of rotatable bonds is 9. The lowest BCUT2D eigenvalue weighted by Gasteiger charge is -2.17. The van der Waals surface area contributed by atoms with Gasteiger partial charge in [-0.15, -0.1) is 12.4 Å². The largest absolute Gasteiger partial charge is 0.382 e. The highest BCUT2D eigenvalue weighted by Crippen LogP contribution is 2.13. The van der Waals surface area contributed by atoms with E-state index in [2.05, 4.69) is 5.32 Å². The number of halogens is 2. The molecular formula is C15H24ClFN2O3. The van der Waals surface area contributed by atoms with Crippen LogP contribution in [0, 0.1) is 5.82 Å². The van der Waals surface area contributed by atoms with E-state index in [0.717, 1.165) is 0 Å². The molecule has 0 aromatic heterocycles. The number of methoxy groups -OCH3 is 1. The molecule has 0 atom stereocenters. The molecule has 0 bridgehead atoms. The zero-order valence-corrected chi connectivity index (χ0v) is 14.0. The monoisotopic (exact) mass is 334 g/mol. The Bertz CT molecular complexity index is 460. The summed E-state index contributed by atoms with van der Waals surface area (Å²) in [6.45, 7) is 2.25. The average Bonchev–Trinajstić information content (AvgIpc) is 2.50. The van der Waals surface area contributed by atoms with Crippen molar-refractivity contribution in [2.75, 3.05) is 47.5 Å². The number of nitrogens with one attached hydrogen (secondary N) is 1. The van der Waals surface area contributed by atoms with Gasteiger partial charge in [-0.3, -0.25) is 4.79 Å². The number of carbonyl (C=O) groups excluding carboxylic acids is 1. The highest BCUT2D eigenvalue weighted by molar-refractivity contribution is 5.94. The maximum Gasteiger partial charge on any atom is 0.253 e. The van der Waals surface area contributed by atoms with Gasteiger partial charge in [-0.2, -0.15) is 0 Å². The van der Waals surface area contributed by atoms with E-state index in [-0.39, 0.29) is 30.7 Å². The van der Waals surface area contributed by atoms with Gasteiger partial charge in [0.25, 0.3) is 5.91 Å². The van der Waals surface area contributed by atoms with E-state index < -0.39 is 0 Å². The molecule has 7 heteroatoms. The van der Waals surface area contributed by atoms with Gasteiger partial charge >= 0.3 is 0 Å². The number of hydrogen-bond donors (Lipinski definition) is 1. The molecule has 126 valence electrons. The van der Waals surface area contributed by atoms with Crippen molar-refractivity contribution in [1.29, 1.82) is 0 Å². The summed E-state index contributed by atoms with van der Waals surface area (Å²) in [6.07, 6.45) is 0. The van der Waals surface area contributed by atoms with Gasteiger partial charge < -0.3 is 19.7 Å². The first kappa shape index (κ1) is 20.8. The van der Waals surface area contributed by atoms with Crippen LogP contribution in [0.5, 0.6) is 0 Å². The maximum absolute atomic E-state index is 13.7. The van der Waals surface area contributed by atoms with Gasteiger partial charge in [-0.05, 0) is 25.2 Å². The van der Waals surface area contributed by atoms with Crippen molar-refractivity contribution in [3.05, 3.63) is 35.1 Å². The predicted molar refractivity (Wildman–Crippen MR) is 86.1 cm³/mol. The molecule has 0 unspecified atom stereocenters. The summed E-state index contributed by atoms with van der Waals surface area (Å²) in [5.74, 6) is -0.509. The van der Waals surface area contributed by atoms with Crippen LogP contribution in [0.1, 0.15) is 15.9 Å². The quantitative estimate of drug-likeness (QED) is 0.698. The Balaban J connectivity index is 0.00000441. The van der Waals surface area contributed by atoms with Crippen LogP contribution in [-0.4, -0.2) is 58.3 Å². The van der Waals surface area contributed by atoms with E-state index >= 15 is 0 Å². The molecule has 1 aromatic carbocycles.